The zero-order valence-electron chi connectivity index (χ0n) is 16.8. The van der Waals surface area contributed by atoms with Crippen molar-refractivity contribution in [3.05, 3.63) is 60.7 Å². The predicted molar refractivity (Wildman–Crippen MR) is 125 cm³/mol. The Bertz CT molecular complexity index is 1460. The van der Waals surface area contributed by atoms with E-state index in [0.717, 1.165) is 18.1 Å². The Balaban J connectivity index is 1.46. The van der Waals surface area contributed by atoms with Crippen molar-refractivity contribution in [3.8, 4) is 11.5 Å². The fraction of sp³-hybridized carbons (Fsp3) is 0.231. The highest BCUT2D eigenvalue weighted by Gasteiger charge is 2.23. The lowest BCUT2D eigenvalue weighted by Gasteiger charge is -2.26. The molecular formula is C26H20O4S. The summed E-state index contributed by atoms with van der Waals surface area (Å²) in [4.78, 5) is 0. The number of rotatable bonds is 5. The van der Waals surface area contributed by atoms with E-state index in [2.05, 4.69) is 60.7 Å². The van der Waals surface area contributed by atoms with E-state index in [1.54, 1.807) is 0 Å². The first kappa shape index (κ1) is 17.8. The zero-order valence-corrected chi connectivity index (χ0v) is 17.6. The molecule has 31 heavy (non-hydrogen) atoms. The van der Waals surface area contributed by atoms with E-state index in [9.17, 15) is 0 Å². The van der Waals surface area contributed by atoms with E-state index in [4.69, 9.17) is 18.9 Å². The van der Waals surface area contributed by atoms with Crippen LogP contribution in [0.2, 0.25) is 0 Å². The van der Waals surface area contributed by atoms with Crippen LogP contribution in [0.5, 0.6) is 11.5 Å². The van der Waals surface area contributed by atoms with Crippen LogP contribution < -0.4 is 9.47 Å². The van der Waals surface area contributed by atoms with Gasteiger partial charge in [0.2, 0.25) is 0 Å². The third-order valence-corrected chi connectivity index (χ3v) is 7.25. The quantitative estimate of drug-likeness (QED) is 0.326. The monoisotopic (exact) mass is 428 g/mol. The van der Waals surface area contributed by atoms with Gasteiger partial charge in [-0.05, 0) is 57.9 Å². The largest absolute Gasteiger partial charge is 0.491 e. The van der Waals surface area contributed by atoms with Crippen LogP contribution in [0.4, 0.5) is 0 Å². The molecule has 0 N–H and O–H groups in total. The second-order valence-corrected chi connectivity index (χ2v) is 9.37. The lowest BCUT2D eigenvalue weighted by atomic mass is 9.99. The Kier molecular flexibility index (Phi) is 3.91. The number of thiophene rings is 1. The normalized spacial score (nSPS) is 18.6. The van der Waals surface area contributed by atoms with Gasteiger partial charge in [0.05, 0.1) is 19.8 Å². The average molecular weight is 429 g/mol. The Labute approximate surface area is 182 Å². The lowest BCUT2D eigenvalue weighted by molar-refractivity contribution is -0.0796. The maximum absolute atomic E-state index is 6.11. The summed E-state index contributed by atoms with van der Waals surface area (Å²) in [5.41, 5.74) is 0. The van der Waals surface area contributed by atoms with E-state index >= 15 is 0 Å². The molecule has 5 aromatic rings. The number of benzene rings is 4. The van der Waals surface area contributed by atoms with Gasteiger partial charge in [-0.1, -0.05) is 24.3 Å². The summed E-state index contributed by atoms with van der Waals surface area (Å²) in [5, 5.41) is 7.48. The summed E-state index contributed by atoms with van der Waals surface area (Å²) in [7, 11) is 0. The van der Waals surface area contributed by atoms with Crippen molar-refractivity contribution in [2.24, 2.45) is 0 Å². The summed E-state index contributed by atoms with van der Waals surface area (Å²) in [5.74, 6) is 1.80. The molecule has 2 aliphatic heterocycles. The Hall–Kier alpha value is -2.86. The van der Waals surface area contributed by atoms with Crippen molar-refractivity contribution in [2.75, 3.05) is 26.4 Å². The molecule has 0 amide bonds. The molecule has 0 aliphatic carbocycles. The van der Waals surface area contributed by atoms with Crippen molar-refractivity contribution in [2.45, 2.75) is 12.2 Å². The standard InChI is InChI=1S/C26H20O4S/c1-5-17(28-13-19-14-29-19)9-21-15(1)3-7-23-25(21)26-22-10-18(30-20-11-27-12-20)6-2-16(22)4-8-24(26)31-23/h1-10,19-20H,11-14H2. The van der Waals surface area contributed by atoms with Gasteiger partial charge >= 0.3 is 0 Å². The third kappa shape index (κ3) is 3.04. The van der Waals surface area contributed by atoms with Gasteiger partial charge in [-0.25, -0.2) is 0 Å². The number of hydrogen-bond donors (Lipinski definition) is 0. The molecule has 5 heteroatoms. The van der Waals surface area contributed by atoms with Crippen LogP contribution in [0.15, 0.2) is 60.7 Å². The van der Waals surface area contributed by atoms with Gasteiger partial charge in [-0.3, -0.25) is 0 Å². The maximum atomic E-state index is 6.11. The number of fused-ring (bicyclic) bond motifs is 7. The summed E-state index contributed by atoms with van der Waals surface area (Å²) >= 11 is 1.84. The molecule has 1 atom stereocenters. The van der Waals surface area contributed by atoms with Crippen molar-refractivity contribution < 1.29 is 18.9 Å². The minimum absolute atomic E-state index is 0.159. The van der Waals surface area contributed by atoms with Crippen LogP contribution >= 0.6 is 11.3 Å². The van der Waals surface area contributed by atoms with Crippen LogP contribution in [-0.4, -0.2) is 38.6 Å². The molecule has 4 aromatic carbocycles. The van der Waals surface area contributed by atoms with E-state index in [-0.39, 0.29) is 12.2 Å². The minimum Gasteiger partial charge on any atom is -0.491 e. The molecule has 2 fully saturated rings. The van der Waals surface area contributed by atoms with Crippen molar-refractivity contribution in [1.29, 1.82) is 0 Å². The zero-order chi connectivity index (χ0) is 20.4. The second-order valence-electron chi connectivity index (χ2n) is 8.29. The molecule has 1 unspecified atom stereocenters. The van der Waals surface area contributed by atoms with Crippen molar-refractivity contribution in [1.82, 2.24) is 0 Å². The lowest BCUT2D eigenvalue weighted by Crippen LogP contribution is -2.38. The molecule has 1 aromatic heterocycles. The Morgan fingerprint density at radius 2 is 1.39 bits per heavy atom. The van der Waals surface area contributed by atoms with Crippen LogP contribution in [0.3, 0.4) is 0 Å². The molecule has 4 nitrogen and oxygen atoms in total. The molecular weight excluding hydrogens is 408 g/mol. The predicted octanol–water partition coefficient (Wildman–Crippen LogP) is 5.92. The van der Waals surface area contributed by atoms with Gasteiger partial charge in [-0.2, -0.15) is 0 Å². The van der Waals surface area contributed by atoms with E-state index in [0.29, 0.717) is 19.8 Å². The molecule has 2 aliphatic rings. The summed E-state index contributed by atoms with van der Waals surface area (Å²) in [6, 6.07) is 21.7. The number of ether oxygens (including phenoxy) is 4. The van der Waals surface area contributed by atoms with Gasteiger partial charge in [0.15, 0.2) is 0 Å². The first-order chi connectivity index (χ1) is 15.3. The number of hydrogen-bond acceptors (Lipinski definition) is 5. The molecule has 2 saturated heterocycles. The van der Waals surface area contributed by atoms with Crippen molar-refractivity contribution >= 4 is 53.1 Å². The summed E-state index contributed by atoms with van der Waals surface area (Å²) in [6.45, 7) is 2.75. The van der Waals surface area contributed by atoms with Crippen LogP contribution in [0, 0.1) is 0 Å². The summed E-state index contributed by atoms with van der Waals surface area (Å²) in [6.07, 6.45) is 0.406. The third-order valence-electron chi connectivity index (χ3n) is 6.13. The molecule has 0 saturated carbocycles. The minimum atomic E-state index is 0.159. The van der Waals surface area contributed by atoms with Gasteiger partial charge < -0.3 is 18.9 Å². The second kappa shape index (κ2) is 6.82. The van der Waals surface area contributed by atoms with Crippen LogP contribution in [-0.2, 0) is 9.47 Å². The summed E-state index contributed by atoms with van der Waals surface area (Å²) < 4.78 is 25.2. The molecule has 3 heterocycles. The first-order valence-corrected chi connectivity index (χ1v) is 11.4. The smallest absolute Gasteiger partial charge is 0.145 e. The molecule has 154 valence electrons. The van der Waals surface area contributed by atoms with E-state index < -0.39 is 0 Å². The molecule has 0 spiro atoms. The SMILES string of the molecule is c1cc2ccc3sc4ccc5ccc(OC6COC6)cc5c4c3c2cc1OCC1CO1. The molecule has 0 radical (unpaired) electrons. The fourth-order valence-corrected chi connectivity index (χ4v) is 5.49. The number of epoxide rings is 1. The highest BCUT2D eigenvalue weighted by atomic mass is 32.1. The molecule has 0 bridgehead atoms. The fourth-order valence-electron chi connectivity index (χ4n) is 4.35. The Morgan fingerprint density at radius 3 is 2.00 bits per heavy atom. The maximum Gasteiger partial charge on any atom is 0.145 e. The van der Waals surface area contributed by atoms with Gasteiger partial charge in [-0.15, -0.1) is 11.3 Å². The van der Waals surface area contributed by atoms with E-state index in [1.165, 1.54) is 41.7 Å². The Morgan fingerprint density at radius 1 is 0.774 bits per heavy atom. The van der Waals surface area contributed by atoms with Crippen molar-refractivity contribution in [3.63, 3.8) is 0 Å². The first-order valence-electron chi connectivity index (χ1n) is 10.6. The molecule has 7 rings (SSSR count). The van der Waals surface area contributed by atoms with Gasteiger partial charge in [0.1, 0.15) is 30.3 Å². The average Bonchev–Trinajstić information content (AvgIpc) is 3.52. The van der Waals surface area contributed by atoms with E-state index in [1.807, 2.05) is 11.3 Å². The highest BCUT2D eigenvalue weighted by molar-refractivity contribution is 7.26. The van der Waals surface area contributed by atoms with Gasteiger partial charge in [0, 0.05) is 20.2 Å². The van der Waals surface area contributed by atoms with Crippen LogP contribution in [0.25, 0.3) is 41.7 Å². The van der Waals surface area contributed by atoms with Crippen LogP contribution in [0.1, 0.15) is 0 Å². The topological polar surface area (TPSA) is 40.2 Å². The highest BCUT2D eigenvalue weighted by Crippen LogP contribution is 2.43. The van der Waals surface area contributed by atoms with Gasteiger partial charge in [0.25, 0.3) is 0 Å².